The van der Waals surface area contributed by atoms with Crippen molar-refractivity contribution in [1.82, 2.24) is 0 Å². The summed E-state index contributed by atoms with van der Waals surface area (Å²) in [5.41, 5.74) is 2.17. The fourth-order valence-electron chi connectivity index (χ4n) is 3.51. The first-order valence-corrected chi connectivity index (χ1v) is 6.56. The number of hydrogen-bond acceptors (Lipinski definition) is 1. The van der Waals surface area contributed by atoms with Gasteiger partial charge in [-0.25, -0.2) is 4.79 Å². The van der Waals surface area contributed by atoms with E-state index < -0.39 is 5.97 Å². The molecule has 2 nitrogen and oxygen atoms in total. The molecule has 2 heteroatoms. The SMILES string of the molecule is C=C(C(=O)O)C1CCC2=CCC[C@@H](C)[C@]2(C)C1. The lowest BCUT2D eigenvalue weighted by atomic mass is 9.57. The highest BCUT2D eigenvalue weighted by Gasteiger charge is 2.42. The molecule has 3 atom stereocenters. The van der Waals surface area contributed by atoms with Crippen molar-refractivity contribution < 1.29 is 9.90 Å². The Kier molecular flexibility index (Phi) is 3.15. The largest absolute Gasteiger partial charge is 0.478 e. The van der Waals surface area contributed by atoms with Crippen molar-refractivity contribution in [2.45, 2.75) is 46.0 Å². The second-order valence-corrected chi connectivity index (χ2v) is 5.90. The zero-order chi connectivity index (χ0) is 12.6. The molecule has 2 aliphatic rings. The molecule has 94 valence electrons. The minimum Gasteiger partial charge on any atom is -0.478 e. The molecule has 1 saturated carbocycles. The summed E-state index contributed by atoms with van der Waals surface area (Å²) in [5.74, 6) is -0.00316. The molecular formula is C15H22O2. The molecule has 17 heavy (non-hydrogen) atoms. The predicted octanol–water partition coefficient (Wildman–Crippen LogP) is 3.79. The number of rotatable bonds is 2. The first-order valence-electron chi connectivity index (χ1n) is 6.56. The van der Waals surface area contributed by atoms with E-state index in [2.05, 4.69) is 26.5 Å². The summed E-state index contributed by atoms with van der Waals surface area (Å²) in [6.45, 7) is 8.37. The van der Waals surface area contributed by atoms with Crippen molar-refractivity contribution in [1.29, 1.82) is 0 Å². The van der Waals surface area contributed by atoms with E-state index in [1.54, 1.807) is 5.57 Å². The minimum atomic E-state index is -0.825. The van der Waals surface area contributed by atoms with Crippen LogP contribution in [0, 0.1) is 17.3 Å². The lowest BCUT2D eigenvalue weighted by Gasteiger charge is -2.47. The quantitative estimate of drug-likeness (QED) is 0.583. The van der Waals surface area contributed by atoms with Gasteiger partial charge in [0.2, 0.25) is 0 Å². The van der Waals surface area contributed by atoms with Crippen LogP contribution in [0.2, 0.25) is 0 Å². The Morgan fingerprint density at radius 1 is 1.53 bits per heavy atom. The monoisotopic (exact) mass is 234 g/mol. The molecule has 0 aromatic carbocycles. The minimum absolute atomic E-state index is 0.162. The van der Waals surface area contributed by atoms with Crippen LogP contribution in [0.5, 0.6) is 0 Å². The molecule has 0 aromatic rings. The topological polar surface area (TPSA) is 37.3 Å². The van der Waals surface area contributed by atoms with Crippen LogP contribution >= 0.6 is 0 Å². The lowest BCUT2D eigenvalue weighted by Crippen LogP contribution is -2.37. The summed E-state index contributed by atoms with van der Waals surface area (Å²) >= 11 is 0. The molecule has 0 spiro atoms. The summed E-state index contributed by atoms with van der Waals surface area (Å²) in [5, 5.41) is 9.07. The summed E-state index contributed by atoms with van der Waals surface area (Å²) < 4.78 is 0. The lowest BCUT2D eigenvalue weighted by molar-refractivity contribution is -0.133. The average Bonchev–Trinajstić information content (AvgIpc) is 2.29. The first kappa shape index (κ1) is 12.4. The van der Waals surface area contributed by atoms with Crippen LogP contribution in [0.15, 0.2) is 23.8 Å². The van der Waals surface area contributed by atoms with Crippen molar-refractivity contribution in [2.75, 3.05) is 0 Å². The van der Waals surface area contributed by atoms with E-state index in [1.165, 1.54) is 12.8 Å². The molecule has 1 fully saturated rings. The Labute approximate surface area is 103 Å². The normalized spacial score (nSPS) is 36.9. The van der Waals surface area contributed by atoms with Gasteiger partial charge in [-0.2, -0.15) is 0 Å². The third-order valence-corrected chi connectivity index (χ3v) is 5.01. The van der Waals surface area contributed by atoms with Crippen LogP contribution in [0.25, 0.3) is 0 Å². The van der Waals surface area contributed by atoms with Gasteiger partial charge in [-0.05, 0) is 49.4 Å². The van der Waals surface area contributed by atoms with Crippen LogP contribution < -0.4 is 0 Å². The van der Waals surface area contributed by atoms with Crippen LogP contribution in [-0.4, -0.2) is 11.1 Å². The van der Waals surface area contributed by atoms with Crippen LogP contribution in [0.3, 0.4) is 0 Å². The molecular weight excluding hydrogens is 212 g/mol. The smallest absolute Gasteiger partial charge is 0.331 e. The van der Waals surface area contributed by atoms with E-state index in [4.69, 9.17) is 5.11 Å². The van der Waals surface area contributed by atoms with Gasteiger partial charge < -0.3 is 5.11 Å². The van der Waals surface area contributed by atoms with Gasteiger partial charge in [0.05, 0.1) is 0 Å². The van der Waals surface area contributed by atoms with E-state index in [-0.39, 0.29) is 11.3 Å². The maximum absolute atomic E-state index is 11.0. The molecule has 0 radical (unpaired) electrons. The van der Waals surface area contributed by atoms with E-state index in [0.29, 0.717) is 11.5 Å². The number of fused-ring (bicyclic) bond motifs is 1. The standard InChI is InChI=1S/C15H22O2/c1-10-5-4-6-13-8-7-12(9-15(10,13)3)11(2)14(16)17/h6,10,12H,2,4-5,7-9H2,1,3H3,(H,16,17)/t10-,12?,15+/m1/s1. The molecule has 2 rings (SSSR count). The van der Waals surface area contributed by atoms with Crippen molar-refractivity contribution >= 4 is 5.97 Å². The van der Waals surface area contributed by atoms with Gasteiger partial charge in [-0.1, -0.05) is 32.1 Å². The number of carbonyl (C=O) groups is 1. The Balaban J connectivity index is 2.21. The van der Waals surface area contributed by atoms with E-state index in [0.717, 1.165) is 19.3 Å². The predicted molar refractivity (Wildman–Crippen MR) is 68.7 cm³/mol. The van der Waals surface area contributed by atoms with E-state index >= 15 is 0 Å². The van der Waals surface area contributed by atoms with Crippen LogP contribution in [0.1, 0.15) is 46.0 Å². The molecule has 0 aromatic heterocycles. The zero-order valence-electron chi connectivity index (χ0n) is 10.8. The number of hydrogen-bond donors (Lipinski definition) is 1. The van der Waals surface area contributed by atoms with Gasteiger partial charge in [0.15, 0.2) is 0 Å². The Morgan fingerprint density at radius 3 is 2.88 bits per heavy atom. The Morgan fingerprint density at radius 2 is 2.24 bits per heavy atom. The van der Waals surface area contributed by atoms with Crippen LogP contribution in [-0.2, 0) is 4.79 Å². The molecule has 2 aliphatic carbocycles. The number of allylic oxidation sites excluding steroid dienone is 2. The third-order valence-electron chi connectivity index (χ3n) is 5.01. The van der Waals surface area contributed by atoms with E-state index in [9.17, 15) is 4.79 Å². The average molecular weight is 234 g/mol. The summed E-state index contributed by atoms with van der Waals surface area (Å²) in [7, 11) is 0. The summed E-state index contributed by atoms with van der Waals surface area (Å²) in [6.07, 6.45) is 7.78. The van der Waals surface area contributed by atoms with Crippen molar-refractivity contribution in [3.8, 4) is 0 Å². The van der Waals surface area contributed by atoms with Crippen LogP contribution in [0.4, 0.5) is 0 Å². The molecule has 0 heterocycles. The first-order chi connectivity index (χ1) is 7.95. The molecule has 1 N–H and O–H groups in total. The van der Waals surface area contributed by atoms with Gasteiger partial charge in [0, 0.05) is 5.57 Å². The van der Waals surface area contributed by atoms with Crippen molar-refractivity contribution in [3.05, 3.63) is 23.8 Å². The maximum atomic E-state index is 11.0. The highest BCUT2D eigenvalue weighted by atomic mass is 16.4. The van der Waals surface area contributed by atoms with Gasteiger partial charge in [-0.3, -0.25) is 0 Å². The second-order valence-electron chi connectivity index (χ2n) is 5.90. The Bertz CT molecular complexity index is 380. The maximum Gasteiger partial charge on any atom is 0.331 e. The van der Waals surface area contributed by atoms with Crippen molar-refractivity contribution in [2.24, 2.45) is 17.3 Å². The van der Waals surface area contributed by atoms with Gasteiger partial charge in [0.1, 0.15) is 0 Å². The number of carboxylic acid groups (broad SMARTS) is 1. The van der Waals surface area contributed by atoms with E-state index in [1.807, 2.05) is 0 Å². The summed E-state index contributed by atoms with van der Waals surface area (Å²) in [6, 6.07) is 0. The van der Waals surface area contributed by atoms with Gasteiger partial charge in [-0.15, -0.1) is 0 Å². The molecule has 0 bridgehead atoms. The zero-order valence-corrected chi connectivity index (χ0v) is 10.8. The fourth-order valence-corrected chi connectivity index (χ4v) is 3.51. The second kappa shape index (κ2) is 4.32. The highest BCUT2D eigenvalue weighted by molar-refractivity contribution is 5.86. The highest BCUT2D eigenvalue weighted by Crippen LogP contribution is 2.53. The van der Waals surface area contributed by atoms with Crippen molar-refractivity contribution in [3.63, 3.8) is 0 Å². The molecule has 0 aliphatic heterocycles. The third kappa shape index (κ3) is 2.05. The van der Waals surface area contributed by atoms with Gasteiger partial charge >= 0.3 is 5.97 Å². The molecule has 0 amide bonds. The summed E-state index contributed by atoms with van der Waals surface area (Å²) in [4.78, 5) is 11.0. The fraction of sp³-hybridized carbons (Fsp3) is 0.667. The Hall–Kier alpha value is -1.05. The number of carboxylic acids is 1. The van der Waals surface area contributed by atoms with Gasteiger partial charge in [0.25, 0.3) is 0 Å². The number of aliphatic carboxylic acids is 1. The molecule has 1 unspecified atom stereocenters. The molecule has 0 saturated heterocycles.